The van der Waals surface area contributed by atoms with Crippen LogP contribution >= 0.6 is 0 Å². The standard InChI is InChI=1S/C4H6NO/c1-3-4(6)5-2/h1,3H,2H3,(H,5,6). The summed E-state index contributed by atoms with van der Waals surface area (Å²) in [5.41, 5.74) is 0. The summed E-state index contributed by atoms with van der Waals surface area (Å²) >= 11 is 0. The molecule has 0 unspecified atom stereocenters. The first-order valence-corrected chi connectivity index (χ1v) is 1.58. The van der Waals surface area contributed by atoms with Crippen molar-refractivity contribution in [2.24, 2.45) is 0 Å². The van der Waals surface area contributed by atoms with Crippen molar-refractivity contribution in [1.82, 2.24) is 5.32 Å². The third-order valence-electron chi connectivity index (χ3n) is 0.398. The lowest BCUT2D eigenvalue weighted by molar-refractivity contribution is -0.116. The summed E-state index contributed by atoms with van der Waals surface area (Å²) < 4.78 is 0. The van der Waals surface area contributed by atoms with Crippen molar-refractivity contribution in [2.45, 2.75) is 0 Å². The smallest absolute Gasteiger partial charge is 0.243 e. The van der Waals surface area contributed by atoms with Gasteiger partial charge in [0.15, 0.2) is 0 Å². The number of carbonyl (C=O) groups excluding carboxylic acids is 1. The molecule has 2 nitrogen and oxygen atoms in total. The molecule has 0 spiro atoms. The average molecular weight is 84.1 g/mol. The van der Waals surface area contributed by atoms with E-state index >= 15 is 0 Å². The predicted molar refractivity (Wildman–Crippen MR) is 22.9 cm³/mol. The molecule has 1 N–H and O–H groups in total. The monoisotopic (exact) mass is 84.0 g/mol. The van der Waals surface area contributed by atoms with Gasteiger partial charge in [-0.3, -0.25) is 4.79 Å². The van der Waals surface area contributed by atoms with Gasteiger partial charge >= 0.3 is 0 Å². The van der Waals surface area contributed by atoms with E-state index in [1.807, 2.05) is 0 Å². The fourth-order valence-electron chi connectivity index (χ4n) is 0.0833. The molecule has 6 heavy (non-hydrogen) atoms. The van der Waals surface area contributed by atoms with Gasteiger partial charge in [-0.05, 0) is 0 Å². The molecule has 0 atom stereocenters. The van der Waals surface area contributed by atoms with E-state index in [9.17, 15) is 4.79 Å². The van der Waals surface area contributed by atoms with Crippen LogP contribution in [0.5, 0.6) is 0 Å². The molecule has 0 rings (SSSR count). The summed E-state index contributed by atoms with van der Waals surface area (Å²) in [6, 6.07) is 0. The van der Waals surface area contributed by atoms with Gasteiger partial charge in [-0.2, -0.15) is 0 Å². The van der Waals surface area contributed by atoms with Gasteiger partial charge in [-0.15, -0.1) is 0 Å². The molecule has 0 aromatic rings. The Labute approximate surface area is 36.9 Å². The van der Waals surface area contributed by atoms with Gasteiger partial charge in [-0.1, -0.05) is 6.58 Å². The summed E-state index contributed by atoms with van der Waals surface area (Å²) in [6.07, 6.45) is 0.972. The maximum Gasteiger partial charge on any atom is 0.243 e. The molecule has 0 aliphatic heterocycles. The maximum atomic E-state index is 9.89. The molecule has 1 amide bonds. The van der Waals surface area contributed by atoms with E-state index in [4.69, 9.17) is 6.58 Å². The number of amides is 1. The first kappa shape index (κ1) is 5.21. The lowest BCUT2D eigenvalue weighted by atomic mass is 10.6. The Balaban J connectivity index is 3.23. The summed E-state index contributed by atoms with van der Waals surface area (Å²) in [4.78, 5) is 9.89. The highest BCUT2D eigenvalue weighted by molar-refractivity contribution is 5.86. The summed E-state index contributed by atoms with van der Waals surface area (Å²) in [7, 11) is 1.52. The van der Waals surface area contributed by atoms with Gasteiger partial charge in [0.05, 0.1) is 0 Å². The molecule has 0 heterocycles. The fourth-order valence-corrected chi connectivity index (χ4v) is 0.0833. The second kappa shape index (κ2) is 2.45. The second-order valence-corrected chi connectivity index (χ2v) is 0.781. The van der Waals surface area contributed by atoms with E-state index in [2.05, 4.69) is 5.32 Å². The summed E-state index contributed by atoms with van der Waals surface area (Å²) in [6.45, 7) is 4.75. The van der Waals surface area contributed by atoms with Crippen molar-refractivity contribution in [3.8, 4) is 0 Å². The second-order valence-electron chi connectivity index (χ2n) is 0.781. The third kappa shape index (κ3) is 1.52. The molecule has 0 saturated heterocycles. The van der Waals surface area contributed by atoms with Crippen LogP contribution in [0.3, 0.4) is 0 Å². The van der Waals surface area contributed by atoms with E-state index in [-0.39, 0.29) is 5.91 Å². The van der Waals surface area contributed by atoms with Gasteiger partial charge in [0.2, 0.25) is 5.91 Å². The minimum absolute atomic E-state index is 0.255. The van der Waals surface area contributed by atoms with Gasteiger partial charge in [0.1, 0.15) is 0 Å². The molecule has 0 aliphatic rings. The largest absolute Gasteiger partial charge is 0.356 e. The lowest BCUT2D eigenvalue weighted by Crippen LogP contribution is -2.13. The normalized spacial score (nSPS) is 6.83. The number of likely N-dealkylation sites (N-methyl/N-ethyl adjacent to an activating group) is 1. The quantitative estimate of drug-likeness (QED) is 0.435. The summed E-state index contributed by atoms with van der Waals surface area (Å²) in [5.74, 6) is -0.255. The van der Waals surface area contributed by atoms with Crippen LogP contribution in [0, 0.1) is 6.58 Å². The zero-order valence-electron chi connectivity index (χ0n) is 3.56. The van der Waals surface area contributed by atoms with Gasteiger partial charge in [0.25, 0.3) is 0 Å². The van der Waals surface area contributed by atoms with E-state index in [1.165, 1.54) is 7.05 Å². The van der Waals surface area contributed by atoms with Crippen LogP contribution in [0.25, 0.3) is 0 Å². The van der Waals surface area contributed by atoms with E-state index < -0.39 is 0 Å². The Hall–Kier alpha value is -0.790. The van der Waals surface area contributed by atoms with Crippen molar-refractivity contribution in [2.75, 3.05) is 7.05 Å². The van der Waals surface area contributed by atoms with Crippen molar-refractivity contribution in [3.63, 3.8) is 0 Å². The van der Waals surface area contributed by atoms with Crippen LogP contribution in [-0.2, 0) is 4.79 Å². The highest BCUT2D eigenvalue weighted by atomic mass is 16.1. The third-order valence-corrected chi connectivity index (χ3v) is 0.398. The molecule has 0 aliphatic carbocycles. The van der Waals surface area contributed by atoms with E-state index in [1.54, 1.807) is 0 Å². The highest BCUT2D eigenvalue weighted by Gasteiger charge is 1.79. The number of hydrogen-bond donors (Lipinski definition) is 1. The Kier molecular flexibility index (Phi) is 2.13. The Morgan fingerprint density at radius 1 is 2.00 bits per heavy atom. The molecular formula is C4H6NO. The predicted octanol–water partition coefficient (Wildman–Crippen LogP) is -0.278. The van der Waals surface area contributed by atoms with Crippen LogP contribution in [0.15, 0.2) is 6.08 Å². The van der Waals surface area contributed by atoms with E-state index in [0.717, 1.165) is 6.08 Å². The SMILES string of the molecule is [CH]=CC(=O)NC. The van der Waals surface area contributed by atoms with Gasteiger partial charge in [-0.25, -0.2) is 0 Å². The Bertz CT molecular complexity index is 67.9. The van der Waals surface area contributed by atoms with Crippen LogP contribution in [0.1, 0.15) is 0 Å². The van der Waals surface area contributed by atoms with Crippen LogP contribution in [0.2, 0.25) is 0 Å². The molecule has 0 aromatic carbocycles. The minimum atomic E-state index is -0.255. The van der Waals surface area contributed by atoms with Crippen LogP contribution in [0.4, 0.5) is 0 Å². The van der Waals surface area contributed by atoms with Crippen molar-refractivity contribution >= 4 is 5.91 Å². The molecule has 0 aromatic heterocycles. The molecule has 33 valence electrons. The van der Waals surface area contributed by atoms with Crippen LogP contribution in [-0.4, -0.2) is 13.0 Å². The van der Waals surface area contributed by atoms with Crippen molar-refractivity contribution < 1.29 is 4.79 Å². The average Bonchev–Trinajstić information content (AvgIpc) is 1.65. The van der Waals surface area contributed by atoms with Gasteiger partial charge < -0.3 is 5.32 Å². The number of carbonyl (C=O) groups is 1. The number of rotatable bonds is 1. The maximum absolute atomic E-state index is 9.89. The first-order valence-electron chi connectivity index (χ1n) is 1.58. The number of nitrogens with one attached hydrogen (secondary N) is 1. The van der Waals surface area contributed by atoms with Crippen molar-refractivity contribution in [1.29, 1.82) is 0 Å². The van der Waals surface area contributed by atoms with Crippen LogP contribution < -0.4 is 5.32 Å². The zero-order chi connectivity index (χ0) is 4.99. The molecular weight excluding hydrogens is 78.0 g/mol. The van der Waals surface area contributed by atoms with Crippen molar-refractivity contribution in [3.05, 3.63) is 12.7 Å². The topological polar surface area (TPSA) is 29.1 Å². The lowest BCUT2D eigenvalue weighted by Gasteiger charge is -1.82. The first-order chi connectivity index (χ1) is 2.81. The Morgan fingerprint density at radius 2 is 2.50 bits per heavy atom. The van der Waals surface area contributed by atoms with Gasteiger partial charge in [0, 0.05) is 13.1 Å². The van der Waals surface area contributed by atoms with E-state index in [0.29, 0.717) is 0 Å². The highest BCUT2D eigenvalue weighted by Crippen LogP contribution is 1.55. The Morgan fingerprint density at radius 3 is 2.50 bits per heavy atom. The minimum Gasteiger partial charge on any atom is -0.356 e. The molecule has 1 radical (unpaired) electrons. The molecule has 2 heteroatoms. The fraction of sp³-hybridized carbons (Fsp3) is 0.250. The summed E-state index contributed by atoms with van der Waals surface area (Å²) in [5, 5.41) is 2.30. The molecule has 0 bridgehead atoms. The zero-order valence-corrected chi connectivity index (χ0v) is 3.56. The number of hydrogen-bond acceptors (Lipinski definition) is 1. The molecule has 0 fully saturated rings. The molecule has 0 saturated carbocycles.